The molecular weight excluding hydrogens is 223 g/mol. The zero-order valence-corrected chi connectivity index (χ0v) is 10.3. The fourth-order valence-electron chi connectivity index (χ4n) is 1.69. The van der Waals surface area contributed by atoms with Crippen molar-refractivity contribution in [2.24, 2.45) is 5.92 Å². The summed E-state index contributed by atoms with van der Waals surface area (Å²) in [7, 11) is 0. The van der Waals surface area contributed by atoms with Gasteiger partial charge in [0.25, 0.3) is 0 Å². The highest BCUT2D eigenvalue weighted by Gasteiger charge is 2.18. The summed E-state index contributed by atoms with van der Waals surface area (Å²) in [5.74, 6) is -0.132. The van der Waals surface area contributed by atoms with E-state index in [2.05, 4.69) is 0 Å². The van der Waals surface area contributed by atoms with Gasteiger partial charge in [-0.05, 0) is 36.1 Å². The SMILES string of the molecule is Cc1c(C(=O)C(C)C)sc2ccc(F)cc12. The first-order chi connectivity index (χ1) is 7.50. The van der Waals surface area contributed by atoms with Crippen LogP contribution in [0.1, 0.15) is 29.1 Å². The summed E-state index contributed by atoms with van der Waals surface area (Å²) in [6.07, 6.45) is 0. The van der Waals surface area contributed by atoms with Crippen LogP contribution in [-0.2, 0) is 0 Å². The predicted molar refractivity (Wildman–Crippen MR) is 65.7 cm³/mol. The number of Topliss-reactive ketones (excluding diaryl/α,β-unsaturated/α-hetero) is 1. The molecule has 0 fully saturated rings. The number of fused-ring (bicyclic) bond motifs is 1. The summed E-state index contributed by atoms with van der Waals surface area (Å²) < 4.78 is 14.1. The first-order valence-electron chi connectivity index (χ1n) is 5.23. The van der Waals surface area contributed by atoms with Gasteiger partial charge in [0.05, 0.1) is 4.88 Å². The van der Waals surface area contributed by atoms with E-state index in [1.807, 2.05) is 20.8 Å². The summed E-state index contributed by atoms with van der Waals surface area (Å²) in [6.45, 7) is 5.65. The number of aryl methyl sites for hydroxylation is 1. The maximum atomic E-state index is 13.1. The normalized spacial score (nSPS) is 11.3. The standard InChI is InChI=1S/C13H13FOS/c1-7(2)12(15)13-8(3)10-6-9(14)4-5-11(10)16-13/h4-7H,1-3H3. The van der Waals surface area contributed by atoms with Gasteiger partial charge in [0.1, 0.15) is 5.82 Å². The largest absolute Gasteiger partial charge is 0.293 e. The van der Waals surface area contributed by atoms with Crippen LogP contribution in [0.5, 0.6) is 0 Å². The molecule has 0 aliphatic heterocycles. The first kappa shape index (κ1) is 11.3. The van der Waals surface area contributed by atoms with Gasteiger partial charge >= 0.3 is 0 Å². The van der Waals surface area contributed by atoms with Gasteiger partial charge in [0, 0.05) is 10.6 Å². The van der Waals surface area contributed by atoms with E-state index in [1.165, 1.54) is 23.5 Å². The highest BCUT2D eigenvalue weighted by Crippen LogP contribution is 2.32. The van der Waals surface area contributed by atoms with Crippen LogP contribution < -0.4 is 0 Å². The lowest BCUT2D eigenvalue weighted by molar-refractivity contribution is 0.0943. The number of carbonyl (C=O) groups excluding carboxylic acids is 1. The zero-order chi connectivity index (χ0) is 11.9. The molecule has 1 aromatic carbocycles. The Balaban J connectivity index is 2.65. The Kier molecular flexibility index (Phi) is 2.80. The van der Waals surface area contributed by atoms with Gasteiger partial charge in [-0.1, -0.05) is 13.8 Å². The van der Waals surface area contributed by atoms with E-state index in [-0.39, 0.29) is 17.5 Å². The second-order valence-electron chi connectivity index (χ2n) is 4.22. The third-order valence-electron chi connectivity index (χ3n) is 2.65. The molecule has 0 aliphatic rings. The van der Waals surface area contributed by atoms with E-state index in [4.69, 9.17) is 0 Å². The molecule has 84 valence electrons. The number of hydrogen-bond acceptors (Lipinski definition) is 2. The minimum Gasteiger partial charge on any atom is -0.293 e. The number of hydrogen-bond donors (Lipinski definition) is 0. The molecule has 1 nitrogen and oxygen atoms in total. The van der Waals surface area contributed by atoms with Crippen LogP contribution in [-0.4, -0.2) is 5.78 Å². The van der Waals surface area contributed by atoms with Crippen molar-refractivity contribution < 1.29 is 9.18 Å². The van der Waals surface area contributed by atoms with Crippen LogP contribution in [0.25, 0.3) is 10.1 Å². The number of ketones is 1. The highest BCUT2D eigenvalue weighted by atomic mass is 32.1. The highest BCUT2D eigenvalue weighted by molar-refractivity contribution is 7.21. The van der Waals surface area contributed by atoms with Crippen molar-refractivity contribution in [1.82, 2.24) is 0 Å². The van der Waals surface area contributed by atoms with E-state index >= 15 is 0 Å². The molecule has 0 amide bonds. The van der Waals surface area contributed by atoms with Crippen molar-refractivity contribution in [3.63, 3.8) is 0 Å². The smallest absolute Gasteiger partial charge is 0.175 e. The Labute approximate surface area is 97.9 Å². The lowest BCUT2D eigenvalue weighted by atomic mass is 10.0. The lowest BCUT2D eigenvalue weighted by Gasteiger charge is -2.01. The minimum atomic E-state index is -0.253. The summed E-state index contributed by atoms with van der Waals surface area (Å²) in [5.41, 5.74) is 0.901. The van der Waals surface area contributed by atoms with E-state index in [1.54, 1.807) is 6.07 Å². The number of rotatable bonds is 2. The van der Waals surface area contributed by atoms with Crippen molar-refractivity contribution in [2.45, 2.75) is 20.8 Å². The molecular formula is C13H13FOS. The third-order valence-corrected chi connectivity index (χ3v) is 3.93. The maximum Gasteiger partial charge on any atom is 0.175 e. The van der Waals surface area contributed by atoms with E-state index < -0.39 is 0 Å². The van der Waals surface area contributed by atoms with E-state index in [0.717, 1.165) is 20.5 Å². The Morgan fingerprint density at radius 1 is 1.38 bits per heavy atom. The lowest BCUT2D eigenvalue weighted by Crippen LogP contribution is -2.06. The molecule has 0 aliphatic carbocycles. The summed E-state index contributed by atoms with van der Waals surface area (Å²) in [4.78, 5) is 12.7. The van der Waals surface area contributed by atoms with E-state index in [9.17, 15) is 9.18 Å². The average molecular weight is 236 g/mol. The van der Waals surface area contributed by atoms with Crippen LogP contribution in [0.4, 0.5) is 4.39 Å². The Morgan fingerprint density at radius 2 is 2.06 bits per heavy atom. The molecule has 1 aromatic heterocycles. The van der Waals surface area contributed by atoms with Gasteiger partial charge in [-0.25, -0.2) is 4.39 Å². The van der Waals surface area contributed by atoms with Gasteiger partial charge in [0.15, 0.2) is 5.78 Å². The predicted octanol–water partition coefficient (Wildman–Crippen LogP) is 4.19. The van der Waals surface area contributed by atoms with E-state index in [0.29, 0.717) is 0 Å². The Hall–Kier alpha value is -1.22. The summed E-state index contributed by atoms with van der Waals surface area (Å²) in [5, 5.41) is 0.856. The van der Waals surface area contributed by atoms with Crippen LogP contribution in [0.15, 0.2) is 18.2 Å². The Bertz CT molecular complexity index is 554. The fraction of sp³-hybridized carbons (Fsp3) is 0.308. The zero-order valence-electron chi connectivity index (χ0n) is 9.50. The van der Waals surface area contributed by atoms with Crippen LogP contribution in [0.3, 0.4) is 0 Å². The second kappa shape index (κ2) is 3.98. The van der Waals surface area contributed by atoms with Gasteiger partial charge in [-0.15, -0.1) is 11.3 Å². The molecule has 0 atom stereocenters. The molecule has 16 heavy (non-hydrogen) atoms. The van der Waals surface area contributed by atoms with Crippen molar-refractivity contribution in [3.8, 4) is 0 Å². The number of carbonyl (C=O) groups is 1. The summed E-state index contributed by atoms with van der Waals surface area (Å²) >= 11 is 1.45. The molecule has 0 N–H and O–H groups in total. The second-order valence-corrected chi connectivity index (χ2v) is 5.27. The van der Waals surface area contributed by atoms with Crippen molar-refractivity contribution in [1.29, 1.82) is 0 Å². The molecule has 2 rings (SSSR count). The molecule has 3 heteroatoms. The fourth-order valence-corrected chi connectivity index (χ4v) is 2.97. The van der Waals surface area contributed by atoms with Gasteiger partial charge in [-0.2, -0.15) is 0 Å². The number of benzene rings is 1. The minimum absolute atomic E-state index is 0.0170. The molecule has 1 heterocycles. The van der Waals surface area contributed by atoms with Crippen LogP contribution >= 0.6 is 11.3 Å². The summed E-state index contributed by atoms with van der Waals surface area (Å²) in [6, 6.07) is 4.67. The first-order valence-corrected chi connectivity index (χ1v) is 6.05. The van der Waals surface area contributed by atoms with Gasteiger partial charge < -0.3 is 0 Å². The van der Waals surface area contributed by atoms with Crippen LogP contribution in [0, 0.1) is 18.7 Å². The average Bonchev–Trinajstić information content (AvgIpc) is 2.55. The molecule has 0 radical (unpaired) electrons. The van der Waals surface area contributed by atoms with Crippen LogP contribution in [0.2, 0.25) is 0 Å². The van der Waals surface area contributed by atoms with Crippen molar-refractivity contribution in [3.05, 3.63) is 34.5 Å². The van der Waals surface area contributed by atoms with Gasteiger partial charge in [0.2, 0.25) is 0 Å². The molecule has 0 spiro atoms. The van der Waals surface area contributed by atoms with Crippen molar-refractivity contribution >= 4 is 27.2 Å². The quantitative estimate of drug-likeness (QED) is 0.715. The maximum absolute atomic E-state index is 13.1. The molecule has 0 saturated heterocycles. The van der Waals surface area contributed by atoms with Crippen molar-refractivity contribution in [2.75, 3.05) is 0 Å². The number of halogens is 1. The third kappa shape index (κ3) is 1.76. The topological polar surface area (TPSA) is 17.1 Å². The molecule has 0 bridgehead atoms. The van der Waals surface area contributed by atoms with Gasteiger partial charge in [-0.3, -0.25) is 4.79 Å². The number of thiophene rings is 1. The molecule has 0 saturated carbocycles. The molecule has 0 unspecified atom stereocenters. The monoisotopic (exact) mass is 236 g/mol. The Morgan fingerprint density at radius 3 is 2.69 bits per heavy atom. The molecule has 2 aromatic rings.